The van der Waals surface area contributed by atoms with Gasteiger partial charge in [-0.05, 0) is 36.1 Å². The first-order chi connectivity index (χ1) is 7.88. The predicted octanol–water partition coefficient (Wildman–Crippen LogP) is 4.70. The molecule has 0 unspecified atom stereocenters. The first-order valence-corrected chi connectivity index (χ1v) is 7.40. The first-order valence-electron chi connectivity index (χ1n) is 5.19. The molecule has 0 radical (unpaired) electrons. The average Bonchev–Trinajstić information content (AvgIpc) is 2.38. The maximum absolute atomic E-state index is 2.19. The molecular formula is C14H14S2. The van der Waals surface area contributed by atoms with E-state index in [9.17, 15) is 0 Å². The van der Waals surface area contributed by atoms with E-state index in [0.29, 0.717) is 0 Å². The Kier molecular flexibility index (Phi) is 4.37. The van der Waals surface area contributed by atoms with Crippen LogP contribution < -0.4 is 0 Å². The molecule has 0 aliphatic rings. The summed E-state index contributed by atoms with van der Waals surface area (Å²) in [5.74, 6) is 1.04. The molecule has 0 nitrogen and oxygen atoms in total. The van der Waals surface area contributed by atoms with Crippen LogP contribution in [0, 0.1) is 0 Å². The third-order valence-electron chi connectivity index (χ3n) is 2.31. The molecule has 2 aromatic rings. The lowest BCUT2D eigenvalue weighted by Gasteiger charge is -2.02. The normalized spacial score (nSPS) is 10.3. The van der Waals surface area contributed by atoms with E-state index in [4.69, 9.17) is 0 Å². The lowest BCUT2D eigenvalue weighted by molar-refractivity contribution is 1.33. The van der Waals surface area contributed by atoms with E-state index < -0.39 is 0 Å². The van der Waals surface area contributed by atoms with Gasteiger partial charge in [0, 0.05) is 15.5 Å². The standard InChI is InChI=1S/C14H14S2/c1-15-13-7-9-14(10-8-13)16-11-12-5-3-2-4-6-12/h2-10H,11H2,1H3. The molecule has 2 rings (SSSR count). The Labute approximate surface area is 105 Å². The summed E-state index contributed by atoms with van der Waals surface area (Å²) in [6.45, 7) is 0. The van der Waals surface area contributed by atoms with Gasteiger partial charge in [0.2, 0.25) is 0 Å². The average molecular weight is 246 g/mol. The van der Waals surface area contributed by atoms with Gasteiger partial charge in [0.25, 0.3) is 0 Å². The van der Waals surface area contributed by atoms with E-state index in [0.717, 1.165) is 5.75 Å². The summed E-state index contributed by atoms with van der Waals surface area (Å²) in [4.78, 5) is 2.66. The number of hydrogen-bond donors (Lipinski definition) is 0. The second kappa shape index (κ2) is 6.02. The molecule has 16 heavy (non-hydrogen) atoms. The molecule has 2 aromatic carbocycles. The summed E-state index contributed by atoms with van der Waals surface area (Å²) >= 11 is 3.67. The Morgan fingerprint density at radius 2 is 1.44 bits per heavy atom. The van der Waals surface area contributed by atoms with Crippen molar-refractivity contribution in [2.24, 2.45) is 0 Å². The zero-order valence-electron chi connectivity index (χ0n) is 9.22. The van der Waals surface area contributed by atoms with Crippen molar-refractivity contribution in [2.75, 3.05) is 6.26 Å². The predicted molar refractivity (Wildman–Crippen MR) is 74.2 cm³/mol. The molecule has 0 N–H and O–H groups in total. The van der Waals surface area contributed by atoms with Crippen LogP contribution in [-0.2, 0) is 5.75 Å². The molecule has 0 spiro atoms. The summed E-state index contributed by atoms with van der Waals surface area (Å²) in [6, 6.07) is 19.3. The van der Waals surface area contributed by atoms with Gasteiger partial charge in [0.1, 0.15) is 0 Å². The van der Waals surface area contributed by atoms with Gasteiger partial charge in [0.15, 0.2) is 0 Å². The molecule has 2 heteroatoms. The van der Waals surface area contributed by atoms with Crippen LogP contribution in [-0.4, -0.2) is 6.26 Å². The Morgan fingerprint density at radius 1 is 0.812 bits per heavy atom. The zero-order chi connectivity index (χ0) is 11.2. The second-order valence-corrected chi connectivity index (χ2v) is 5.38. The number of rotatable bonds is 4. The van der Waals surface area contributed by atoms with E-state index in [1.54, 1.807) is 11.8 Å². The molecule has 82 valence electrons. The van der Waals surface area contributed by atoms with Crippen LogP contribution in [0.1, 0.15) is 5.56 Å². The lowest BCUT2D eigenvalue weighted by Crippen LogP contribution is -1.79. The van der Waals surface area contributed by atoms with E-state index >= 15 is 0 Å². The zero-order valence-corrected chi connectivity index (χ0v) is 10.9. The van der Waals surface area contributed by atoms with Crippen LogP contribution in [0.5, 0.6) is 0 Å². The highest BCUT2D eigenvalue weighted by Gasteiger charge is 1.96. The molecule has 0 aliphatic carbocycles. The smallest absolute Gasteiger partial charge is 0.0231 e. The Bertz CT molecular complexity index is 420. The van der Waals surface area contributed by atoms with Crippen molar-refractivity contribution >= 4 is 23.5 Å². The van der Waals surface area contributed by atoms with Gasteiger partial charge in [-0.1, -0.05) is 30.3 Å². The van der Waals surface area contributed by atoms with Crippen molar-refractivity contribution in [2.45, 2.75) is 15.5 Å². The van der Waals surface area contributed by atoms with Gasteiger partial charge in [-0.3, -0.25) is 0 Å². The Morgan fingerprint density at radius 3 is 2.06 bits per heavy atom. The number of thioether (sulfide) groups is 2. The third-order valence-corrected chi connectivity index (χ3v) is 4.13. The highest BCUT2D eigenvalue weighted by Crippen LogP contribution is 2.25. The fraction of sp³-hybridized carbons (Fsp3) is 0.143. The molecule has 0 atom stereocenters. The van der Waals surface area contributed by atoms with Crippen molar-refractivity contribution in [3.8, 4) is 0 Å². The SMILES string of the molecule is CSc1ccc(SCc2ccccc2)cc1. The monoisotopic (exact) mass is 246 g/mol. The van der Waals surface area contributed by atoms with Gasteiger partial charge in [-0.15, -0.1) is 23.5 Å². The fourth-order valence-corrected chi connectivity index (χ4v) is 2.68. The third kappa shape index (κ3) is 3.32. The van der Waals surface area contributed by atoms with Gasteiger partial charge >= 0.3 is 0 Å². The van der Waals surface area contributed by atoms with Crippen LogP contribution in [0.25, 0.3) is 0 Å². The largest absolute Gasteiger partial charge is 0.130 e. The molecule has 0 saturated heterocycles. The molecule has 0 bridgehead atoms. The molecular weight excluding hydrogens is 232 g/mol. The number of benzene rings is 2. The van der Waals surface area contributed by atoms with E-state index in [-0.39, 0.29) is 0 Å². The summed E-state index contributed by atoms with van der Waals surface area (Å²) in [7, 11) is 0. The van der Waals surface area contributed by atoms with Crippen molar-refractivity contribution in [3.63, 3.8) is 0 Å². The van der Waals surface area contributed by atoms with E-state index in [2.05, 4.69) is 60.9 Å². The maximum atomic E-state index is 2.19. The highest BCUT2D eigenvalue weighted by atomic mass is 32.2. The summed E-state index contributed by atoms with van der Waals surface area (Å²) in [5, 5.41) is 0. The van der Waals surface area contributed by atoms with Crippen LogP contribution >= 0.6 is 23.5 Å². The molecule has 0 heterocycles. The molecule has 0 fully saturated rings. The summed E-state index contributed by atoms with van der Waals surface area (Å²) in [5.41, 5.74) is 1.38. The van der Waals surface area contributed by atoms with Crippen LogP contribution in [0.15, 0.2) is 64.4 Å². The van der Waals surface area contributed by atoms with Gasteiger partial charge in [-0.2, -0.15) is 0 Å². The minimum Gasteiger partial charge on any atom is -0.130 e. The van der Waals surface area contributed by atoms with Crippen molar-refractivity contribution in [1.29, 1.82) is 0 Å². The molecule has 0 aromatic heterocycles. The van der Waals surface area contributed by atoms with Crippen molar-refractivity contribution in [3.05, 3.63) is 60.2 Å². The molecule has 0 aliphatic heterocycles. The van der Waals surface area contributed by atoms with Gasteiger partial charge in [0.05, 0.1) is 0 Å². The quantitative estimate of drug-likeness (QED) is 0.717. The minimum absolute atomic E-state index is 1.04. The van der Waals surface area contributed by atoms with Crippen molar-refractivity contribution in [1.82, 2.24) is 0 Å². The van der Waals surface area contributed by atoms with E-state index in [1.807, 2.05) is 11.8 Å². The van der Waals surface area contributed by atoms with Gasteiger partial charge < -0.3 is 0 Å². The minimum atomic E-state index is 1.04. The fourth-order valence-electron chi connectivity index (χ4n) is 1.41. The lowest BCUT2D eigenvalue weighted by atomic mass is 10.2. The Balaban J connectivity index is 1.94. The van der Waals surface area contributed by atoms with Crippen LogP contribution in [0.2, 0.25) is 0 Å². The van der Waals surface area contributed by atoms with E-state index in [1.165, 1.54) is 15.4 Å². The van der Waals surface area contributed by atoms with Gasteiger partial charge in [-0.25, -0.2) is 0 Å². The molecule has 0 amide bonds. The topological polar surface area (TPSA) is 0 Å². The number of hydrogen-bond acceptors (Lipinski definition) is 2. The molecule has 0 saturated carbocycles. The summed E-state index contributed by atoms with van der Waals surface area (Å²) in [6.07, 6.45) is 2.10. The van der Waals surface area contributed by atoms with Crippen molar-refractivity contribution < 1.29 is 0 Å². The first kappa shape index (κ1) is 11.6. The highest BCUT2D eigenvalue weighted by molar-refractivity contribution is 7.99. The summed E-state index contributed by atoms with van der Waals surface area (Å²) < 4.78 is 0. The second-order valence-electron chi connectivity index (χ2n) is 3.45. The maximum Gasteiger partial charge on any atom is 0.0231 e. The Hall–Kier alpha value is -0.860. The van der Waals surface area contributed by atoms with Crippen LogP contribution in [0.3, 0.4) is 0 Å². The van der Waals surface area contributed by atoms with Crippen LogP contribution in [0.4, 0.5) is 0 Å².